The second-order valence-corrected chi connectivity index (χ2v) is 8.00. The van der Waals surface area contributed by atoms with E-state index >= 15 is 0 Å². The van der Waals surface area contributed by atoms with Crippen molar-refractivity contribution in [3.05, 3.63) is 36.0 Å². The van der Waals surface area contributed by atoms with Crippen LogP contribution in [-0.4, -0.2) is 26.4 Å². The minimum Gasteiger partial charge on any atom is -0.361 e. The molecule has 7 nitrogen and oxygen atoms in total. The fraction of sp³-hybridized carbons (Fsp3) is 0.200. The largest absolute Gasteiger partial charge is 0.361 e. The summed E-state index contributed by atoms with van der Waals surface area (Å²) in [6, 6.07) is 6.84. The van der Waals surface area contributed by atoms with Gasteiger partial charge in [-0.05, 0) is 29.1 Å². The molecule has 1 heterocycles. The first kappa shape index (κ1) is 14.0. The Bertz CT molecular complexity index is 776. The molecule has 1 aromatic heterocycles. The summed E-state index contributed by atoms with van der Waals surface area (Å²) in [6.45, 7) is 0. The fourth-order valence-electron chi connectivity index (χ4n) is 1.84. The Kier molecular flexibility index (Phi) is 3.39. The highest BCUT2D eigenvalue weighted by molar-refractivity contribution is 8.07. The number of H-pyrrole nitrogens is 1. The Morgan fingerprint density at radius 3 is 2.26 bits per heavy atom. The number of nitrogens with two attached hydrogens (primary N) is 2. The van der Waals surface area contributed by atoms with Crippen molar-refractivity contribution in [1.29, 1.82) is 0 Å². The molecule has 104 valence electrons. The highest BCUT2D eigenvalue weighted by Gasteiger charge is 2.32. The predicted octanol–water partition coefficient (Wildman–Crippen LogP) is -0.387. The molecule has 0 aliphatic carbocycles. The van der Waals surface area contributed by atoms with Crippen LogP contribution in [-0.2, 0) is 26.5 Å². The molecule has 2 aromatic rings. The van der Waals surface area contributed by atoms with Gasteiger partial charge in [-0.2, -0.15) is 0 Å². The van der Waals surface area contributed by atoms with E-state index in [1.165, 1.54) is 0 Å². The molecule has 9 heteroatoms. The summed E-state index contributed by atoms with van der Waals surface area (Å²) in [7, 11) is -8.56. The minimum absolute atomic E-state index is 0.279. The van der Waals surface area contributed by atoms with Gasteiger partial charge < -0.3 is 4.98 Å². The molecule has 0 amide bonds. The smallest absolute Gasteiger partial charge is 0.228 e. The van der Waals surface area contributed by atoms with E-state index in [9.17, 15) is 16.8 Å². The van der Waals surface area contributed by atoms with Crippen LogP contribution < -0.4 is 10.3 Å². The maximum absolute atomic E-state index is 11.3. The van der Waals surface area contributed by atoms with Gasteiger partial charge >= 0.3 is 0 Å². The monoisotopic (exact) mass is 303 g/mol. The number of aromatic amines is 1. The first-order valence-electron chi connectivity index (χ1n) is 5.27. The zero-order valence-electron chi connectivity index (χ0n) is 9.78. The molecular weight excluding hydrogens is 290 g/mol. The number of aromatic nitrogens is 1. The average Bonchev–Trinajstić information content (AvgIpc) is 2.69. The Hall–Kier alpha value is -1.42. The van der Waals surface area contributed by atoms with E-state index in [1.807, 2.05) is 0 Å². The number of sulfonamides is 2. The summed E-state index contributed by atoms with van der Waals surface area (Å²) in [6.07, 6.45) is 1.45. The summed E-state index contributed by atoms with van der Waals surface area (Å²) in [5.74, 6) is 0. The van der Waals surface area contributed by atoms with Gasteiger partial charge in [0.1, 0.15) is 0 Å². The second-order valence-electron chi connectivity index (χ2n) is 4.21. The number of rotatable bonds is 4. The summed E-state index contributed by atoms with van der Waals surface area (Å²) >= 11 is 0. The number of hydrogen-bond donors (Lipinski definition) is 3. The van der Waals surface area contributed by atoms with Gasteiger partial charge in [-0.15, -0.1) is 0 Å². The lowest BCUT2D eigenvalue weighted by Crippen LogP contribution is -2.41. The van der Waals surface area contributed by atoms with Gasteiger partial charge in [0.05, 0.1) is 0 Å². The van der Waals surface area contributed by atoms with Crippen molar-refractivity contribution in [2.45, 2.75) is 11.0 Å². The van der Waals surface area contributed by atoms with E-state index in [0.717, 1.165) is 10.9 Å². The average molecular weight is 303 g/mol. The number of benzene rings is 1. The molecule has 0 aliphatic heterocycles. The van der Waals surface area contributed by atoms with Crippen LogP contribution in [0.2, 0.25) is 0 Å². The molecule has 0 spiro atoms. The molecule has 0 aliphatic rings. The normalized spacial score (nSPS) is 13.2. The lowest BCUT2D eigenvalue weighted by Gasteiger charge is -2.12. The molecule has 19 heavy (non-hydrogen) atoms. The van der Waals surface area contributed by atoms with Gasteiger partial charge in [0.25, 0.3) is 0 Å². The Morgan fingerprint density at radius 2 is 1.68 bits per heavy atom. The van der Waals surface area contributed by atoms with Crippen LogP contribution in [0.1, 0.15) is 5.56 Å². The molecular formula is C10H13N3O4S2. The molecule has 0 fully saturated rings. The third-order valence-corrected chi connectivity index (χ3v) is 6.16. The zero-order chi connectivity index (χ0) is 14.3. The van der Waals surface area contributed by atoms with Gasteiger partial charge in [-0.25, -0.2) is 27.1 Å². The topological polar surface area (TPSA) is 136 Å². The van der Waals surface area contributed by atoms with E-state index in [4.69, 9.17) is 10.3 Å². The van der Waals surface area contributed by atoms with Crippen LogP contribution in [0.3, 0.4) is 0 Å². The van der Waals surface area contributed by atoms with Crippen molar-refractivity contribution in [2.75, 3.05) is 0 Å². The molecule has 1 aromatic carbocycles. The summed E-state index contributed by atoms with van der Waals surface area (Å²) in [5.41, 5.74) is 1.40. The van der Waals surface area contributed by atoms with Crippen molar-refractivity contribution < 1.29 is 16.8 Å². The van der Waals surface area contributed by atoms with Gasteiger partial charge in [0.15, 0.2) is 4.58 Å². The third-order valence-electron chi connectivity index (χ3n) is 2.75. The number of hydrogen-bond acceptors (Lipinski definition) is 4. The van der Waals surface area contributed by atoms with E-state index < -0.39 is 24.6 Å². The second kappa shape index (κ2) is 4.60. The highest BCUT2D eigenvalue weighted by atomic mass is 32.3. The molecule has 0 saturated heterocycles. The van der Waals surface area contributed by atoms with Crippen LogP contribution in [0.15, 0.2) is 30.5 Å². The van der Waals surface area contributed by atoms with Crippen molar-refractivity contribution >= 4 is 30.9 Å². The lowest BCUT2D eigenvalue weighted by atomic mass is 10.1. The Morgan fingerprint density at radius 1 is 1.05 bits per heavy atom. The van der Waals surface area contributed by atoms with Crippen LogP contribution >= 0.6 is 0 Å². The Balaban J connectivity index is 2.42. The van der Waals surface area contributed by atoms with E-state index in [1.54, 1.807) is 30.5 Å². The number of nitrogens with one attached hydrogen (secondary N) is 1. The van der Waals surface area contributed by atoms with Gasteiger partial charge in [0, 0.05) is 18.1 Å². The quantitative estimate of drug-likeness (QED) is 0.708. The van der Waals surface area contributed by atoms with Gasteiger partial charge in [0.2, 0.25) is 20.0 Å². The lowest BCUT2D eigenvalue weighted by molar-refractivity contribution is 0.575. The van der Waals surface area contributed by atoms with E-state index in [-0.39, 0.29) is 6.42 Å². The van der Waals surface area contributed by atoms with Crippen molar-refractivity contribution in [1.82, 2.24) is 4.98 Å². The van der Waals surface area contributed by atoms with Crippen molar-refractivity contribution in [2.24, 2.45) is 10.3 Å². The summed E-state index contributed by atoms with van der Waals surface area (Å²) in [4.78, 5) is 2.97. The summed E-state index contributed by atoms with van der Waals surface area (Å²) in [5, 5.41) is 10.7. The minimum atomic E-state index is -4.28. The molecule has 0 bridgehead atoms. The van der Waals surface area contributed by atoms with Crippen LogP contribution in [0.25, 0.3) is 10.9 Å². The van der Waals surface area contributed by atoms with Gasteiger partial charge in [-0.3, -0.25) is 0 Å². The van der Waals surface area contributed by atoms with Crippen molar-refractivity contribution in [3.63, 3.8) is 0 Å². The number of fused-ring (bicyclic) bond motifs is 1. The predicted molar refractivity (Wildman–Crippen MR) is 72.0 cm³/mol. The maximum Gasteiger partial charge on any atom is 0.228 e. The zero-order valence-corrected chi connectivity index (χ0v) is 11.4. The van der Waals surface area contributed by atoms with E-state index in [2.05, 4.69) is 4.98 Å². The molecule has 0 radical (unpaired) electrons. The van der Waals surface area contributed by atoms with E-state index in [0.29, 0.717) is 5.56 Å². The third kappa shape index (κ3) is 3.13. The SMILES string of the molecule is NS(=O)(=O)C(Cc1ccc2[nH]ccc2c1)S(N)(=O)=O. The molecule has 5 N–H and O–H groups in total. The first-order valence-corrected chi connectivity index (χ1v) is 8.49. The van der Waals surface area contributed by atoms with Gasteiger partial charge in [-0.1, -0.05) is 6.07 Å². The maximum atomic E-state index is 11.3. The first-order chi connectivity index (χ1) is 8.68. The van der Waals surface area contributed by atoms with Crippen molar-refractivity contribution in [3.8, 4) is 0 Å². The molecule has 0 saturated carbocycles. The fourth-order valence-corrected chi connectivity index (χ4v) is 4.19. The molecule has 0 unspecified atom stereocenters. The highest BCUT2D eigenvalue weighted by Crippen LogP contribution is 2.18. The number of primary sulfonamides is 2. The van der Waals surface area contributed by atoms with Crippen LogP contribution in [0.4, 0.5) is 0 Å². The van der Waals surface area contributed by atoms with Crippen LogP contribution in [0.5, 0.6) is 0 Å². The summed E-state index contributed by atoms with van der Waals surface area (Å²) < 4.78 is 43.4. The molecule has 0 atom stereocenters. The Labute approximate surface area is 110 Å². The van der Waals surface area contributed by atoms with Crippen LogP contribution in [0, 0.1) is 0 Å². The molecule has 2 rings (SSSR count). The standard InChI is InChI=1S/C10H13N3O4S2/c11-18(14,15)10(19(12,16)17)6-7-1-2-9-8(5-7)3-4-13-9/h1-5,10,13H,6H2,(H2,11,14,15)(H2,12,16,17).